The number of benzene rings is 1. The first-order chi connectivity index (χ1) is 10.7. The molecule has 0 unspecified atom stereocenters. The fourth-order valence-electron chi connectivity index (χ4n) is 2.25. The van der Waals surface area contributed by atoms with E-state index in [1.54, 1.807) is 0 Å². The largest absolute Gasteiger partial charge is 0.285 e. The molecule has 1 aromatic carbocycles. The summed E-state index contributed by atoms with van der Waals surface area (Å²) in [6.07, 6.45) is 3.67. The number of aryl methyl sites for hydroxylation is 3. The van der Waals surface area contributed by atoms with E-state index >= 15 is 0 Å². The summed E-state index contributed by atoms with van der Waals surface area (Å²) in [6, 6.07) is 10.3. The van der Waals surface area contributed by atoms with Gasteiger partial charge < -0.3 is 0 Å². The summed E-state index contributed by atoms with van der Waals surface area (Å²) in [5.41, 5.74) is 6.12. The maximum atomic E-state index is 4.63. The molecule has 1 aromatic heterocycles. The second-order valence-corrected chi connectivity index (χ2v) is 6.92. The molecule has 2 aromatic rings. The van der Waals surface area contributed by atoms with Crippen LogP contribution in [0.2, 0.25) is 0 Å². The summed E-state index contributed by atoms with van der Waals surface area (Å²) in [5, 5.41) is 0. The third kappa shape index (κ3) is 5.13. The van der Waals surface area contributed by atoms with Gasteiger partial charge in [-0.15, -0.1) is 0 Å². The van der Waals surface area contributed by atoms with Gasteiger partial charge in [0.05, 0.1) is 28.8 Å². The van der Waals surface area contributed by atoms with Crippen molar-refractivity contribution in [1.29, 1.82) is 0 Å². The highest BCUT2D eigenvalue weighted by Crippen LogP contribution is 2.22. The van der Waals surface area contributed by atoms with E-state index < -0.39 is 0 Å². The van der Waals surface area contributed by atoms with Crippen LogP contribution in [0, 0.1) is 20.8 Å². The molecule has 23 heavy (non-hydrogen) atoms. The predicted octanol–water partition coefficient (Wildman–Crippen LogP) is 4.97. The SMILES string of the molecule is Cc1cc(/C=N/c2c(C)cccc2C)nc(/C=N/C(C)(C)C)c1. The van der Waals surface area contributed by atoms with Crippen molar-refractivity contribution in [2.75, 3.05) is 0 Å². The number of aliphatic imine (C=N–C) groups is 2. The minimum atomic E-state index is -0.0993. The Kier molecular flexibility index (Phi) is 5.09. The molecular weight excluding hydrogens is 282 g/mol. The molecule has 2 rings (SSSR count). The van der Waals surface area contributed by atoms with Gasteiger partial charge >= 0.3 is 0 Å². The zero-order valence-electron chi connectivity index (χ0n) is 14.9. The lowest BCUT2D eigenvalue weighted by atomic mass is 10.1. The molecule has 3 heteroatoms. The van der Waals surface area contributed by atoms with Crippen molar-refractivity contribution in [3.8, 4) is 0 Å². The average Bonchev–Trinajstić information content (AvgIpc) is 2.43. The van der Waals surface area contributed by atoms with Crippen LogP contribution in [-0.2, 0) is 0 Å². The van der Waals surface area contributed by atoms with Gasteiger partial charge in [-0.1, -0.05) is 18.2 Å². The molecule has 0 aliphatic carbocycles. The normalized spacial score (nSPS) is 12.4. The van der Waals surface area contributed by atoms with E-state index in [1.165, 1.54) is 11.1 Å². The highest BCUT2D eigenvalue weighted by molar-refractivity contribution is 5.84. The van der Waals surface area contributed by atoms with E-state index in [0.29, 0.717) is 0 Å². The Morgan fingerprint density at radius 3 is 2.04 bits per heavy atom. The van der Waals surface area contributed by atoms with Crippen LogP contribution in [-0.4, -0.2) is 23.0 Å². The molecular formula is C20H25N3. The van der Waals surface area contributed by atoms with E-state index in [2.05, 4.69) is 74.7 Å². The first-order valence-corrected chi connectivity index (χ1v) is 7.89. The number of rotatable bonds is 3. The first kappa shape index (κ1) is 17.1. The predicted molar refractivity (Wildman–Crippen MR) is 99.5 cm³/mol. The van der Waals surface area contributed by atoms with E-state index in [-0.39, 0.29) is 5.54 Å². The second-order valence-electron chi connectivity index (χ2n) is 6.92. The summed E-state index contributed by atoms with van der Waals surface area (Å²) in [5.74, 6) is 0. The van der Waals surface area contributed by atoms with Gasteiger partial charge in [0, 0.05) is 6.21 Å². The summed E-state index contributed by atoms with van der Waals surface area (Å²) >= 11 is 0. The number of hydrogen-bond donors (Lipinski definition) is 0. The van der Waals surface area contributed by atoms with Crippen LogP contribution in [0.25, 0.3) is 0 Å². The lowest BCUT2D eigenvalue weighted by Gasteiger charge is -2.10. The van der Waals surface area contributed by atoms with E-state index in [0.717, 1.165) is 22.6 Å². The van der Waals surface area contributed by atoms with Crippen LogP contribution in [0.5, 0.6) is 0 Å². The van der Waals surface area contributed by atoms with Crippen LogP contribution in [0.1, 0.15) is 48.8 Å². The monoisotopic (exact) mass is 307 g/mol. The molecule has 0 spiro atoms. The molecule has 0 atom stereocenters. The van der Waals surface area contributed by atoms with Crippen molar-refractivity contribution in [2.45, 2.75) is 47.1 Å². The molecule has 0 amide bonds. The Morgan fingerprint density at radius 1 is 0.913 bits per heavy atom. The molecule has 3 nitrogen and oxygen atoms in total. The van der Waals surface area contributed by atoms with E-state index in [4.69, 9.17) is 0 Å². The van der Waals surface area contributed by atoms with Gasteiger partial charge in [-0.3, -0.25) is 9.98 Å². The van der Waals surface area contributed by atoms with E-state index in [9.17, 15) is 0 Å². The minimum absolute atomic E-state index is 0.0993. The van der Waals surface area contributed by atoms with Crippen LogP contribution >= 0.6 is 0 Å². The van der Waals surface area contributed by atoms with Crippen molar-refractivity contribution < 1.29 is 0 Å². The molecule has 0 saturated carbocycles. The topological polar surface area (TPSA) is 37.6 Å². The van der Waals surface area contributed by atoms with Gasteiger partial charge in [-0.05, 0) is 70.4 Å². The second kappa shape index (κ2) is 6.86. The van der Waals surface area contributed by atoms with Gasteiger partial charge in [-0.25, -0.2) is 4.98 Å². The van der Waals surface area contributed by atoms with Crippen molar-refractivity contribution >= 4 is 18.1 Å². The van der Waals surface area contributed by atoms with Gasteiger partial charge in [-0.2, -0.15) is 0 Å². The van der Waals surface area contributed by atoms with E-state index in [1.807, 2.05) is 24.6 Å². The molecule has 120 valence electrons. The number of hydrogen-bond acceptors (Lipinski definition) is 3. The van der Waals surface area contributed by atoms with Gasteiger partial charge in [0.25, 0.3) is 0 Å². The molecule has 0 aliphatic heterocycles. The van der Waals surface area contributed by atoms with Crippen LogP contribution in [0.4, 0.5) is 5.69 Å². The van der Waals surface area contributed by atoms with Crippen molar-refractivity contribution in [3.05, 3.63) is 58.4 Å². The number of aromatic nitrogens is 1. The number of para-hydroxylation sites is 1. The molecule has 0 saturated heterocycles. The Hall–Kier alpha value is -2.29. The van der Waals surface area contributed by atoms with Gasteiger partial charge in [0.2, 0.25) is 0 Å². The maximum absolute atomic E-state index is 4.63. The smallest absolute Gasteiger partial charge is 0.0823 e. The number of nitrogens with zero attached hydrogens (tertiary/aromatic N) is 3. The standard InChI is InChI=1S/C20H25N3/c1-14-10-17(23-18(11-14)13-22-20(4,5)6)12-21-19-15(2)8-7-9-16(19)3/h7-13H,1-6H3/b21-12+,22-13+. The Labute approximate surface area is 139 Å². The minimum Gasteiger partial charge on any atom is -0.285 e. The van der Waals surface area contributed by atoms with Crippen LogP contribution in [0.15, 0.2) is 40.3 Å². The first-order valence-electron chi connectivity index (χ1n) is 7.89. The Morgan fingerprint density at radius 2 is 1.48 bits per heavy atom. The third-order valence-corrected chi connectivity index (χ3v) is 3.36. The van der Waals surface area contributed by atoms with Gasteiger partial charge in [0.1, 0.15) is 0 Å². The maximum Gasteiger partial charge on any atom is 0.0823 e. The third-order valence-electron chi connectivity index (χ3n) is 3.36. The zero-order valence-corrected chi connectivity index (χ0v) is 14.9. The van der Waals surface area contributed by atoms with Crippen molar-refractivity contribution in [2.24, 2.45) is 9.98 Å². The quantitative estimate of drug-likeness (QED) is 0.737. The Bertz CT molecular complexity index is 730. The fourth-order valence-corrected chi connectivity index (χ4v) is 2.25. The lowest BCUT2D eigenvalue weighted by Crippen LogP contribution is -2.10. The fraction of sp³-hybridized carbons (Fsp3) is 0.350. The zero-order chi connectivity index (χ0) is 17.0. The average molecular weight is 307 g/mol. The van der Waals surface area contributed by atoms with Gasteiger partial charge in [0.15, 0.2) is 0 Å². The lowest BCUT2D eigenvalue weighted by molar-refractivity contribution is 0.586. The number of pyridine rings is 1. The molecule has 0 fully saturated rings. The van der Waals surface area contributed by atoms with Crippen molar-refractivity contribution in [3.63, 3.8) is 0 Å². The van der Waals surface area contributed by atoms with Crippen LogP contribution < -0.4 is 0 Å². The summed E-state index contributed by atoms with van der Waals surface area (Å²) in [6.45, 7) is 12.4. The summed E-state index contributed by atoms with van der Waals surface area (Å²) in [4.78, 5) is 13.8. The Balaban J connectivity index is 2.32. The molecule has 0 radical (unpaired) electrons. The van der Waals surface area contributed by atoms with Crippen molar-refractivity contribution in [1.82, 2.24) is 4.98 Å². The summed E-state index contributed by atoms with van der Waals surface area (Å²) < 4.78 is 0. The molecule has 0 bridgehead atoms. The molecule has 1 heterocycles. The highest BCUT2D eigenvalue weighted by Gasteiger charge is 2.06. The van der Waals surface area contributed by atoms with Crippen LogP contribution in [0.3, 0.4) is 0 Å². The molecule has 0 N–H and O–H groups in total. The highest BCUT2D eigenvalue weighted by atomic mass is 14.8. The summed E-state index contributed by atoms with van der Waals surface area (Å²) in [7, 11) is 0. The molecule has 0 aliphatic rings.